The third-order valence-electron chi connectivity index (χ3n) is 16.7. The van der Waals surface area contributed by atoms with Gasteiger partial charge in [-0.1, -0.05) is 309 Å². The lowest BCUT2D eigenvalue weighted by Gasteiger charge is -2.21. The average Bonchev–Trinajstić information content (AvgIpc) is 1.96. The van der Waals surface area contributed by atoms with Crippen molar-refractivity contribution in [1.29, 1.82) is 0 Å². The largest absolute Gasteiger partial charge is 0.472 e. The normalized spacial score (nSPS) is 14.2. The van der Waals surface area contributed by atoms with Crippen LogP contribution in [-0.4, -0.2) is 96.7 Å². The predicted molar refractivity (Wildman–Crippen MR) is 377 cm³/mol. The fourth-order valence-corrected chi connectivity index (χ4v) is 12.4. The van der Waals surface area contributed by atoms with Crippen LogP contribution in [0.5, 0.6) is 0 Å². The zero-order chi connectivity index (χ0) is 68.4. The second-order valence-corrected chi connectivity index (χ2v) is 29.4. The number of unbranched alkanes of at least 4 members (excludes halogenated alkanes) is 41. The molecule has 17 nitrogen and oxygen atoms in total. The van der Waals surface area contributed by atoms with Crippen molar-refractivity contribution in [3.8, 4) is 0 Å². The summed E-state index contributed by atoms with van der Waals surface area (Å²) in [6.07, 6.45) is 58.1. The highest BCUT2D eigenvalue weighted by Gasteiger charge is 2.30. The summed E-state index contributed by atoms with van der Waals surface area (Å²) in [6.45, 7) is 7.15. The molecule has 0 fully saturated rings. The van der Waals surface area contributed by atoms with Crippen LogP contribution in [0.1, 0.15) is 362 Å². The molecule has 0 aliphatic rings. The second-order valence-electron chi connectivity index (χ2n) is 26.5. The summed E-state index contributed by atoms with van der Waals surface area (Å²) in [5, 5.41) is 10.6. The number of hydrogen-bond acceptors (Lipinski definition) is 15. The number of aliphatic hydroxyl groups excluding tert-OH is 1. The molecule has 2 unspecified atom stereocenters. The van der Waals surface area contributed by atoms with Crippen molar-refractivity contribution in [2.24, 2.45) is 5.92 Å². The minimum atomic E-state index is -4.96. The lowest BCUT2D eigenvalue weighted by molar-refractivity contribution is -0.161. The standard InChI is InChI=1S/C74H140O17P2/c1-6-9-12-15-17-19-21-23-28-32-36-39-43-48-53-58-72(77)85-64-70(91-74(79)60-55-50-45-41-37-33-30-27-25-24-26-29-31-34-38-42-47-51-56-67(4)5)66-89-93(82,83)87-62-68(75)61-86-92(80,81)88-65-69(63-84-71(76)57-52-46-14-11-8-3)90-73(78)59-54-49-44-40-35-22-20-18-16-13-10-7-2/h19,21,23,28,67-70,75H,6-18,20,22,24-27,29-66H2,1-5H3,(H,80,81)(H,82,83)/b21-19-,28-23-/t68-,69+,70+/m0/s1. The summed E-state index contributed by atoms with van der Waals surface area (Å²) in [4.78, 5) is 72.4. The molecular formula is C74H140O17P2. The smallest absolute Gasteiger partial charge is 0.462 e. The first-order chi connectivity index (χ1) is 45.0. The van der Waals surface area contributed by atoms with Crippen LogP contribution in [0.2, 0.25) is 0 Å². The molecule has 0 radical (unpaired) electrons. The Balaban J connectivity index is 5.16. The molecule has 5 atom stereocenters. The van der Waals surface area contributed by atoms with Crippen molar-refractivity contribution in [3.63, 3.8) is 0 Å². The molecular weight excluding hydrogens is 1220 g/mol. The maximum atomic E-state index is 13.1. The van der Waals surface area contributed by atoms with Gasteiger partial charge in [-0.05, 0) is 57.3 Å². The highest BCUT2D eigenvalue weighted by Crippen LogP contribution is 2.45. The molecule has 0 bridgehead atoms. The van der Waals surface area contributed by atoms with E-state index in [2.05, 4.69) is 58.9 Å². The number of phosphoric acid groups is 2. The molecule has 93 heavy (non-hydrogen) atoms. The number of carbonyl (C=O) groups is 4. The van der Waals surface area contributed by atoms with E-state index in [9.17, 15) is 43.2 Å². The quantitative estimate of drug-likeness (QED) is 0.0169. The fourth-order valence-electron chi connectivity index (χ4n) is 10.8. The zero-order valence-corrected chi connectivity index (χ0v) is 61.7. The predicted octanol–water partition coefficient (Wildman–Crippen LogP) is 21.2. The lowest BCUT2D eigenvalue weighted by atomic mass is 10.0. The first-order valence-corrected chi connectivity index (χ1v) is 40.9. The number of phosphoric ester groups is 2. The number of hydrogen-bond donors (Lipinski definition) is 3. The van der Waals surface area contributed by atoms with E-state index in [-0.39, 0.29) is 25.7 Å². The first-order valence-electron chi connectivity index (χ1n) is 38.0. The van der Waals surface area contributed by atoms with Gasteiger partial charge in [0.15, 0.2) is 12.2 Å². The van der Waals surface area contributed by atoms with Crippen LogP contribution >= 0.6 is 15.6 Å². The van der Waals surface area contributed by atoms with Gasteiger partial charge in [0.1, 0.15) is 19.3 Å². The van der Waals surface area contributed by atoms with E-state index in [0.717, 1.165) is 121 Å². The molecule has 0 saturated carbocycles. The molecule has 0 aromatic rings. The van der Waals surface area contributed by atoms with E-state index in [1.807, 2.05) is 0 Å². The number of ether oxygens (including phenoxy) is 4. The number of aliphatic hydroxyl groups is 1. The third kappa shape index (κ3) is 67.9. The number of carbonyl (C=O) groups excluding carboxylic acids is 4. The molecule has 0 aliphatic heterocycles. The monoisotopic (exact) mass is 1360 g/mol. The van der Waals surface area contributed by atoms with E-state index in [4.69, 9.17) is 37.0 Å². The van der Waals surface area contributed by atoms with Gasteiger partial charge in [-0.2, -0.15) is 0 Å². The van der Waals surface area contributed by atoms with Crippen molar-refractivity contribution >= 4 is 39.5 Å². The number of esters is 4. The Bertz CT molecular complexity index is 1880. The minimum absolute atomic E-state index is 0.101. The highest BCUT2D eigenvalue weighted by molar-refractivity contribution is 7.47. The fraction of sp³-hybridized carbons (Fsp3) is 0.892. The van der Waals surface area contributed by atoms with Gasteiger partial charge >= 0.3 is 39.5 Å². The van der Waals surface area contributed by atoms with Crippen LogP contribution in [0.15, 0.2) is 24.3 Å². The molecule has 548 valence electrons. The molecule has 0 amide bonds. The van der Waals surface area contributed by atoms with Crippen molar-refractivity contribution in [3.05, 3.63) is 24.3 Å². The van der Waals surface area contributed by atoms with Gasteiger partial charge < -0.3 is 33.8 Å². The van der Waals surface area contributed by atoms with Gasteiger partial charge in [0.05, 0.1) is 26.4 Å². The van der Waals surface area contributed by atoms with Crippen LogP contribution in [0.25, 0.3) is 0 Å². The number of allylic oxidation sites excluding steroid dienone is 4. The Morgan fingerprint density at radius 1 is 0.333 bits per heavy atom. The lowest BCUT2D eigenvalue weighted by Crippen LogP contribution is -2.30. The van der Waals surface area contributed by atoms with Gasteiger partial charge in [-0.25, -0.2) is 9.13 Å². The first kappa shape index (κ1) is 90.5. The van der Waals surface area contributed by atoms with E-state index in [0.29, 0.717) is 25.7 Å². The van der Waals surface area contributed by atoms with Crippen molar-refractivity contribution in [2.45, 2.75) is 380 Å². The van der Waals surface area contributed by atoms with E-state index in [1.54, 1.807) is 0 Å². The minimum Gasteiger partial charge on any atom is -0.462 e. The Hall–Kier alpha value is -2.46. The topological polar surface area (TPSA) is 237 Å². The third-order valence-corrected chi connectivity index (χ3v) is 18.6. The van der Waals surface area contributed by atoms with E-state index >= 15 is 0 Å². The van der Waals surface area contributed by atoms with Gasteiger partial charge in [0.25, 0.3) is 0 Å². The van der Waals surface area contributed by atoms with Gasteiger partial charge in [-0.15, -0.1) is 0 Å². The van der Waals surface area contributed by atoms with Crippen LogP contribution in [0.3, 0.4) is 0 Å². The van der Waals surface area contributed by atoms with Gasteiger partial charge in [0.2, 0.25) is 0 Å². The SMILES string of the molecule is CCCCCC/C=C\C=C/CCCCCCCC(=O)OC[C@H](COP(=O)(O)OC[C@@H](O)COP(=O)(O)OC[C@@H](COC(=O)CCCCCCC)OC(=O)CCCCCCCCCCCCCC)OC(=O)CCCCCCCCCCCCCCCCCCCCC(C)C. The molecule has 3 N–H and O–H groups in total. The number of rotatable bonds is 72. The van der Waals surface area contributed by atoms with Gasteiger partial charge in [0, 0.05) is 25.7 Å². The van der Waals surface area contributed by atoms with E-state index in [1.165, 1.54) is 161 Å². The van der Waals surface area contributed by atoms with Crippen LogP contribution in [0, 0.1) is 5.92 Å². The average molecular weight is 1360 g/mol. The Kier molecular flexibility index (Phi) is 65.0. The second kappa shape index (κ2) is 66.8. The molecule has 0 heterocycles. The van der Waals surface area contributed by atoms with E-state index < -0.39 is 97.5 Å². The maximum absolute atomic E-state index is 13.1. The molecule has 0 aromatic carbocycles. The highest BCUT2D eigenvalue weighted by atomic mass is 31.2. The summed E-state index contributed by atoms with van der Waals surface area (Å²) in [6, 6.07) is 0. The molecule has 0 aliphatic carbocycles. The van der Waals surface area contributed by atoms with Crippen molar-refractivity contribution < 1.29 is 80.2 Å². The van der Waals surface area contributed by atoms with Crippen molar-refractivity contribution in [1.82, 2.24) is 0 Å². The summed E-state index contributed by atoms with van der Waals surface area (Å²) in [7, 11) is -9.91. The Morgan fingerprint density at radius 3 is 0.882 bits per heavy atom. The molecule has 0 aromatic heterocycles. The molecule has 0 spiro atoms. The maximum Gasteiger partial charge on any atom is 0.472 e. The Morgan fingerprint density at radius 2 is 0.581 bits per heavy atom. The zero-order valence-electron chi connectivity index (χ0n) is 59.9. The summed E-state index contributed by atoms with van der Waals surface area (Å²) in [5.74, 6) is -1.34. The van der Waals surface area contributed by atoms with Crippen LogP contribution in [0.4, 0.5) is 0 Å². The van der Waals surface area contributed by atoms with Crippen molar-refractivity contribution in [2.75, 3.05) is 39.6 Å². The van der Waals surface area contributed by atoms with Gasteiger partial charge in [-0.3, -0.25) is 37.3 Å². The molecule has 0 saturated heterocycles. The summed E-state index contributed by atoms with van der Waals surface area (Å²) < 4.78 is 68.1. The van der Waals surface area contributed by atoms with Crippen LogP contribution < -0.4 is 0 Å². The van der Waals surface area contributed by atoms with Crippen LogP contribution in [-0.2, 0) is 65.4 Å². The summed E-state index contributed by atoms with van der Waals surface area (Å²) >= 11 is 0. The molecule has 0 rings (SSSR count). The Labute approximate surface area is 567 Å². The summed E-state index contributed by atoms with van der Waals surface area (Å²) in [5.41, 5.74) is 0. The molecule has 19 heteroatoms.